The number of aliphatic carboxylic acids is 1. The molecule has 1 N–H and O–H groups in total. The Kier molecular flexibility index (Phi) is 5.50. The summed E-state index contributed by atoms with van der Waals surface area (Å²) in [7, 11) is 2.99. The van der Waals surface area contributed by atoms with Gasteiger partial charge in [0.15, 0.2) is 5.82 Å². The highest BCUT2D eigenvalue weighted by atomic mass is 19.1. The zero-order chi connectivity index (χ0) is 17.9. The van der Waals surface area contributed by atoms with Crippen LogP contribution < -0.4 is 4.74 Å². The first-order valence-corrected chi connectivity index (χ1v) is 7.42. The van der Waals surface area contributed by atoms with E-state index in [-0.39, 0.29) is 23.9 Å². The molecule has 0 radical (unpaired) electrons. The molecule has 7 nitrogen and oxygen atoms in total. The monoisotopic (exact) mass is 337 g/mol. The van der Waals surface area contributed by atoms with E-state index in [4.69, 9.17) is 9.26 Å². The Balaban J connectivity index is 2.28. The normalized spacial score (nSPS) is 12.6. The topological polar surface area (TPSA) is 88.7 Å². The smallest absolute Gasteiger partial charge is 0.325 e. The lowest BCUT2D eigenvalue weighted by Crippen LogP contribution is -2.31. The van der Waals surface area contributed by atoms with Crippen molar-refractivity contribution in [1.82, 2.24) is 15.0 Å². The standard InChI is InChI=1S/C16H20FN3O4/c1-9(2)15-18-13(24-19-15)8-20(3)14(16(21)22)11-7-10(23-4)5-6-12(11)17/h5-7,9,14H,8H2,1-4H3,(H,21,22)/t14-/m1/s1. The van der Waals surface area contributed by atoms with Crippen molar-refractivity contribution in [2.75, 3.05) is 14.2 Å². The quantitative estimate of drug-likeness (QED) is 0.830. The van der Waals surface area contributed by atoms with Gasteiger partial charge in [-0.2, -0.15) is 4.98 Å². The van der Waals surface area contributed by atoms with Crippen LogP contribution in [0.1, 0.15) is 43.1 Å². The first-order valence-electron chi connectivity index (χ1n) is 7.42. The summed E-state index contributed by atoms with van der Waals surface area (Å²) in [6.07, 6.45) is 0. The SMILES string of the molecule is COc1ccc(F)c([C@H](C(=O)O)N(C)Cc2nc(C(C)C)no2)c1. The highest BCUT2D eigenvalue weighted by Crippen LogP contribution is 2.27. The number of nitrogens with zero attached hydrogens (tertiary/aromatic N) is 3. The average molecular weight is 337 g/mol. The van der Waals surface area contributed by atoms with Crippen LogP contribution in [0.2, 0.25) is 0 Å². The van der Waals surface area contributed by atoms with E-state index in [1.54, 1.807) is 7.05 Å². The lowest BCUT2D eigenvalue weighted by Gasteiger charge is -2.24. The zero-order valence-corrected chi connectivity index (χ0v) is 14.0. The van der Waals surface area contributed by atoms with Gasteiger partial charge in [0.25, 0.3) is 0 Å². The molecule has 8 heteroatoms. The van der Waals surface area contributed by atoms with Crippen LogP contribution in [-0.4, -0.2) is 40.3 Å². The number of carboxylic acid groups (broad SMARTS) is 1. The summed E-state index contributed by atoms with van der Waals surface area (Å²) < 4.78 is 24.3. The highest BCUT2D eigenvalue weighted by Gasteiger charge is 2.29. The van der Waals surface area contributed by atoms with Crippen LogP contribution in [0.3, 0.4) is 0 Å². The van der Waals surface area contributed by atoms with E-state index < -0.39 is 17.8 Å². The van der Waals surface area contributed by atoms with Gasteiger partial charge < -0.3 is 14.4 Å². The predicted octanol–water partition coefficient (Wildman–Crippen LogP) is 2.60. The molecule has 0 saturated heterocycles. The van der Waals surface area contributed by atoms with Gasteiger partial charge in [-0.3, -0.25) is 9.69 Å². The van der Waals surface area contributed by atoms with E-state index >= 15 is 0 Å². The first kappa shape index (κ1) is 17.9. The molecule has 0 aliphatic heterocycles. The molecule has 1 aromatic heterocycles. The second-order valence-electron chi connectivity index (χ2n) is 5.74. The molecule has 0 unspecified atom stereocenters. The summed E-state index contributed by atoms with van der Waals surface area (Å²) in [5.41, 5.74) is 0.00736. The summed E-state index contributed by atoms with van der Waals surface area (Å²) in [6.45, 7) is 3.92. The Bertz CT molecular complexity index is 717. The van der Waals surface area contributed by atoms with Crippen LogP contribution in [0.15, 0.2) is 22.7 Å². The predicted molar refractivity (Wildman–Crippen MR) is 83.2 cm³/mol. The number of benzene rings is 1. The van der Waals surface area contributed by atoms with Gasteiger partial charge in [-0.15, -0.1) is 0 Å². The second-order valence-corrected chi connectivity index (χ2v) is 5.74. The molecule has 0 aliphatic rings. The molecular weight excluding hydrogens is 317 g/mol. The molecule has 2 rings (SSSR count). The summed E-state index contributed by atoms with van der Waals surface area (Å²) in [5.74, 6) is -0.518. The lowest BCUT2D eigenvalue weighted by molar-refractivity contribution is -0.143. The van der Waals surface area contributed by atoms with Gasteiger partial charge >= 0.3 is 5.97 Å². The minimum absolute atomic E-state index is 0.00736. The van der Waals surface area contributed by atoms with E-state index in [0.29, 0.717) is 11.6 Å². The number of ether oxygens (including phenoxy) is 1. The van der Waals surface area contributed by atoms with E-state index in [1.807, 2.05) is 13.8 Å². The fourth-order valence-corrected chi connectivity index (χ4v) is 2.29. The summed E-state index contributed by atoms with van der Waals surface area (Å²) in [5, 5.41) is 13.4. The van der Waals surface area contributed by atoms with E-state index in [2.05, 4.69) is 10.1 Å². The van der Waals surface area contributed by atoms with Crippen LogP contribution in [0.4, 0.5) is 4.39 Å². The third-order valence-electron chi connectivity index (χ3n) is 3.56. The second kappa shape index (κ2) is 7.39. The zero-order valence-electron chi connectivity index (χ0n) is 14.0. The first-order chi connectivity index (χ1) is 11.3. The Morgan fingerprint density at radius 2 is 2.17 bits per heavy atom. The van der Waals surface area contributed by atoms with Gasteiger partial charge in [-0.1, -0.05) is 19.0 Å². The molecule has 1 heterocycles. The third kappa shape index (κ3) is 3.88. The molecular formula is C16H20FN3O4. The molecule has 0 bridgehead atoms. The van der Waals surface area contributed by atoms with Crippen molar-refractivity contribution in [1.29, 1.82) is 0 Å². The number of aromatic nitrogens is 2. The summed E-state index contributed by atoms with van der Waals surface area (Å²) in [4.78, 5) is 17.3. The number of methoxy groups -OCH3 is 1. The Morgan fingerprint density at radius 3 is 2.71 bits per heavy atom. The summed E-state index contributed by atoms with van der Waals surface area (Å²) >= 11 is 0. The van der Waals surface area contributed by atoms with Crippen molar-refractivity contribution in [2.24, 2.45) is 0 Å². The van der Waals surface area contributed by atoms with Gasteiger partial charge in [0, 0.05) is 11.5 Å². The van der Waals surface area contributed by atoms with Crippen molar-refractivity contribution < 1.29 is 23.6 Å². The van der Waals surface area contributed by atoms with Gasteiger partial charge in [0.2, 0.25) is 5.89 Å². The molecule has 1 aromatic carbocycles. The van der Waals surface area contributed by atoms with Crippen molar-refractivity contribution in [3.63, 3.8) is 0 Å². The lowest BCUT2D eigenvalue weighted by atomic mass is 10.0. The number of carboxylic acids is 1. The number of carbonyl (C=O) groups is 1. The molecule has 0 fully saturated rings. The van der Waals surface area contributed by atoms with Crippen LogP contribution in [0.25, 0.3) is 0 Å². The fraction of sp³-hybridized carbons (Fsp3) is 0.438. The van der Waals surface area contributed by atoms with E-state index in [0.717, 1.165) is 0 Å². The molecule has 1 atom stereocenters. The number of hydrogen-bond donors (Lipinski definition) is 1. The van der Waals surface area contributed by atoms with Gasteiger partial charge in [-0.05, 0) is 25.2 Å². The molecule has 0 spiro atoms. The molecule has 0 aliphatic carbocycles. The number of likely N-dealkylation sites (N-methyl/N-ethyl adjacent to an activating group) is 1. The van der Waals surface area contributed by atoms with Crippen molar-refractivity contribution in [2.45, 2.75) is 32.4 Å². The van der Waals surface area contributed by atoms with Crippen molar-refractivity contribution >= 4 is 5.97 Å². The largest absolute Gasteiger partial charge is 0.497 e. The average Bonchev–Trinajstić information content (AvgIpc) is 2.97. The van der Waals surface area contributed by atoms with Crippen LogP contribution in [0, 0.1) is 5.82 Å². The maximum Gasteiger partial charge on any atom is 0.325 e. The van der Waals surface area contributed by atoms with Crippen LogP contribution >= 0.6 is 0 Å². The maximum absolute atomic E-state index is 14.1. The van der Waals surface area contributed by atoms with E-state index in [9.17, 15) is 14.3 Å². The van der Waals surface area contributed by atoms with Gasteiger partial charge in [0.05, 0.1) is 13.7 Å². The molecule has 2 aromatic rings. The molecule has 130 valence electrons. The van der Waals surface area contributed by atoms with Crippen molar-refractivity contribution in [3.05, 3.63) is 41.3 Å². The van der Waals surface area contributed by atoms with Crippen LogP contribution in [-0.2, 0) is 11.3 Å². The Hall–Kier alpha value is -2.48. The van der Waals surface area contributed by atoms with Gasteiger partial charge in [-0.25, -0.2) is 4.39 Å². The highest BCUT2D eigenvalue weighted by molar-refractivity contribution is 5.75. The number of hydrogen-bond acceptors (Lipinski definition) is 6. The van der Waals surface area contributed by atoms with Crippen LogP contribution in [0.5, 0.6) is 5.75 Å². The molecule has 24 heavy (non-hydrogen) atoms. The maximum atomic E-state index is 14.1. The van der Waals surface area contributed by atoms with Crippen molar-refractivity contribution in [3.8, 4) is 5.75 Å². The Labute approximate surface area is 139 Å². The third-order valence-corrected chi connectivity index (χ3v) is 3.56. The summed E-state index contributed by atoms with van der Waals surface area (Å²) in [6, 6.07) is 2.78. The molecule has 0 saturated carbocycles. The van der Waals surface area contributed by atoms with E-state index in [1.165, 1.54) is 30.2 Å². The number of halogens is 1. The molecule has 0 amide bonds. The van der Waals surface area contributed by atoms with Gasteiger partial charge in [0.1, 0.15) is 17.6 Å². The fourth-order valence-electron chi connectivity index (χ4n) is 2.29. The number of rotatable bonds is 7. The Morgan fingerprint density at radius 1 is 1.46 bits per heavy atom. The minimum atomic E-state index is -1.21. The minimum Gasteiger partial charge on any atom is -0.497 e.